The van der Waals surface area contributed by atoms with Gasteiger partial charge in [0.1, 0.15) is 0 Å². The number of carbonyl (C=O) groups is 1. The van der Waals surface area contributed by atoms with E-state index in [4.69, 9.17) is 0 Å². The van der Waals surface area contributed by atoms with Crippen molar-refractivity contribution >= 4 is 37.5 Å². The molecular formula is C14H18BrN3O3S. The molecule has 6 nitrogen and oxygen atoms in total. The number of hydrogen-bond acceptors (Lipinski definition) is 4. The van der Waals surface area contributed by atoms with Gasteiger partial charge in [0, 0.05) is 36.2 Å². The van der Waals surface area contributed by atoms with E-state index in [2.05, 4.69) is 26.6 Å². The number of hydrogen-bond donors (Lipinski definition) is 2. The Morgan fingerprint density at radius 2 is 1.95 bits per heavy atom. The molecule has 0 bridgehead atoms. The third kappa shape index (κ3) is 3.05. The van der Waals surface area contributed by atoms with Crippen molar-refractivity contribution in [3.63, 3.8) is 0 Å². The van der Waals surface area contributed by atoms with E-state index < -0.39 is 10.0 Å². The highest BCUT2D eigenvalue weighted by Crippen LogP contribution is 2.33. The van der Waals surface area contributed by atoms with Gasteiger partial charge < -0.3 is 10.6 Å². The summed E-state index contributed by atoms with van der Waals surface area (Å²) in [6.07, 6.45) is 1.86. The highest BCUT2D eigenvalue weighted by atomic mass is 79.9. The number of anilines is 1. The van der Waals surface area contributed by atoms with E-state index in [-0.39, 0.29) is 10.8 Å². The second-order valence-electron chi connectivity index (χ2n) is 5.50. The van der Waals surface area contributed by atoms with E-state index in [9.17, 15) is 13.2 Å². The molecule has 8 heteroatoms. The normalized spacial score (nSPS) is 20.1. The van der Waals surface area contributed by atoms with Crippen LogP contribution in [0.25, 0.3) is 0 Å². The Hall–Kier alpha value is -0.960. The number of aryl methyl sites for hydroxylation is 1. The largest absolute Gasteiger partial charge is 0.326 e. The Kier molecular flexibility index (Phi) is 4.54. The van der Waals surface area contributed by atoms with Gasteiger partial charge in [0.05, 0.1) is 4.90 Å². The van der Waals surface area contributed by atoms with E-state index in [0.29, 0.717) is 42.6 Å². The number of benzene rings is 1. The Morgan fingerprint density at radius 1 is 1.14 bits per heavy atom. The van der Waals surface area contributed by atoms with Gasteiger partial charge in [0.15, 0.2) is 0 Å². The van der Waals surface area contributed by atoms with Gasteiger partial charge in [-0.3, -0.25) is 4.79 Å². The van der Waals surface area contributed by atoms with Crippen LogP contribution in [0.4, 0.5) is 5.69 Å². The van der Waals surface area contributed by atoms with Crippen LogP contribution < -0.4 is 10.6 Å². The molecule has 1 aromatic rings. The molecule has 1 saturated heterocycles. The van der Waals surface area contributed by atoms with Crippen LogP contribution in [-0.4, -0.2) is 44.8 Å². The van der Waals surface area contributed by atoms with Crippen molar-refractivity contribution in [3.05, 3.63) is 22.2 Å². The Labute approximate surface area is 138 Å². The molecule has 2 aliphatic heterocycles. The maximum atomic E-state index is 12.9. The SMILES string of the molecule is O=C1CCc2cc(Br)c(S(=O)(=O)N3CCCNCC3)cc2N1. The first kappa shape index (κ1) is 15.9. The minimum Gasteiger partial charge on any atom is -0.326 e. The lowest BCUT2D eigenvalue weighted by molar-refractivity contribution is -0.116. The fourth-order valence-corrected chi connectivity index (χ4v) is 5.33. The molecule has 0 aromatic heterocycles. The number of carbonyl (C=O) groups excluding carboxylic acids is 1. The fourth-order valence-electron chi connectivity index (χ4n) is 2.78. The molecule has 0 aliphatic carbocycles. The molecule has 2 N–H and O–H groups in total. The molecule has 3 rings (SSSR count). The summed E-state index contributed by atoms with van der Waals surface area (Å²) in [4.78, 5) is 11.7. The van der Waals surface area contributed by atoms with Crippen LogP contribution >= 0.6 is 15.9 Å². The highest BCUT2D eigenvalue weighted by molar-refractivity contribution is 9.10. The van der Waals surface area contributed by atoms with Crippen molar-refractivity contribution < 1.29 is 13.2 Å². The van der Waals surface area contributed by atoms with Crippen molar-refractivity contribution in [1.29, 1.82) is 0 Å². The third-order valence-corrected chi connectivity index (χ3v) is 6.83. The first-order valence-corrected chi connectivity index (χ1v) is 9.55. The number of sulfonamides is 1. The number of rotatable bonds is 2. The summed E-state index contributed by atoms with van der Waals surface area (Å²) in [5, 5.41) is 5.96. The van der Waals surface area contributed by atoms with Crippen LogP contribution in [0.1, 0.15) is 18.4 Å². The molecule has 22 heavy (non-hydrogen) atoms. The molecule has 2 aliphatic rings. The van der Waals surface area contributed by atoms with Crippen LogP contribution in [-0.2, 0) is 21.2 Å². The third-order valence-electron chi connectivity index (χ3n) is 3.97. The molecule has 0 spiro atoms. The highest BCUT2D eigenvalue weighted by Gasteiger charge is 2.29. The predicted molar refractivity (Wildman–Crippen MR) is 87.3 cm³/mol. The quantitative estimate of drug-likeness (QED) is 0.801. The van der Waals surface area contributed by atoms with Crippen molar-refractivity contribution in [2.75, 3.05) is 31.5 Å². The summed E-state index contributed by atoms with van der Waals surface area (Å²) >= 11 is 3.38. The molecule has 0 radical (unpaired) electrons. The van der Waals surface area contributed by atoms with Gasteiger partial charge in [-0.2, -0.15) is 4.31 Å². The summed E-state index contributed by atoms with van der Waals surface area (Å²) in [5.41, 5.74) is 1.56. The van der Waals surface area contributed by atoms with E-state index in [1.807, 2.05) is 0 Å². The molecule has 1 amide bonds. The zero-order chi connectivity index (χ0) is 15.7. The summed E-state index contributed by atoms with van der Waals surface area (Å²) < 4.78 is 27.8. The number of nitrogens with zero attached hydrogens (tertiary/aromatic N) is 1. The smallest absolute Gasteiger partial charge is 0.244 e. The van der Waals surface area contributed by atoms with Crippen molar-refractivity contribution in [2.45, 2.75) is 24.2 Å². The first-order chi connectivity index (χ1) is 10.5. The van der Waals surface area contributed by atoms with Crippen molar-refractivity contribution in [2.24, 2.45) is 0 Å². The molecule has 0 saturated carbocycles. The average Bonchev–Trinajstić information content (AvgIpc) is 2.76. The van der Waals surface area contributed by atoms with Gasteiger partial charge >= 0.3 is 0 Å². The lowest BCUT2D eigenvalue weighted by Gasteiger charge is -2.23. The average molecular weight is 388 g/mol. The van der Waals surface area contributed by atoms with Gasteiger partial charge in [-0.25, -0.2) is 8.42 Å². The Morgan fingerprint density at radius 3 is 2.77 bits per heavy atom. The molecule has 0 unspecified atom stereocenters. The number of fused-ring (bicyclic) bond motifs is 1. The first-order valence-electron chi connectivity index (χ1n) is 7.31. The maximum absolute atomic E-state index is 12.9. The van der Waals surface area contributed by atoms with E-state index >= 15 is 0 Å². The molecular weight excluding hydrogens is 370 g/mol. The summed E-state index contributed by atoms with van der Waals surface area (Å²) in [5.74, 6) is -0.0721. The summed E-state index contributed by atoms with van der Waals surface area (Å²) in [6, 6.07) is 3.38. The van der Waals surface area contributed by atoms with Crippen molar-refractivity contribution in [1.82, 2.24) is 9.62 Å². The van der Waals surface area contributed by atoms with Gasteiger partial charge in [-0.05, 0) is 53.0 Å². The Balaban J connectivity index is 1.99. The van der Waals surface area contributed by atoms with Crippen LogP contribution in [0.15, 0.2) is 21.5 Å². The topological polar surface area (TPSA) is 78.5 Å². The number of nitrogens with one attached hydrogen (secondary N) is 2. The molecule has 1 aromatic carbocycles. The monoisotopic (exact) mass is 387 g/mol. The predicted octanol–water partition coefficient (Wildman–Crippen LogP) is 1.32. The molecule has 120 valence electrons. The summed E-state index contributed by atoms with van der Waals surface area (Å²) in [7, 11) is -3.57. The zero-order valence-corrected chi connectivity index (χ0v) is 14.5. The van der Waals surface area contributed by atoms with Crippen molar-refractivity contribution in [3.8, 4) is 0 Å². The standard InChI is InChI=1S/C14H18BrN3O3S/c15-11-8-10-2-3-14(19)17-12(10)9-13(11)22(20,21)18-6-1-4-16-5-7-18/h8-9,16H,1-7H2,(H,17,19). The van der Waals surface area contributed by atoms with Crippen LogP contribution in [0.5, 0.6) is 0 Å². The Bertz CT molecular complexity index is 698. The minimum absolute atomic E-state index is 0.0721. The molecule has 2 heterocycles. The fraction of sp³-hybridized carbons (Fsp3) is 0.500. The maximum Gasteiger partial charge on any atom is 0.244 e. The lowest BCUT2D eigenvalue weighted by atomic mass is 10.0. The van der Waals surface area contributed by atoms with Crippen LogP contribution in [0, 0.1) is 0 Å². The van der Waals surface area contributed by atoms with E-state index in [0.717, 1.165) is 18.5 Å². The molecule has 1 fully saturated rings. The second kappa shape index (κ2) is 6.27. The van der Waals surface area contributed by atoms with Gasteiger partial charge in [0.25, 0.3) is 0 Å². The van der Waals surface area contributed by atoms with Crippen LogP contribution in [0.3, 0.4) is 0 Å². The van der Waals surface area contributed by atoms with Gasteiger partial charge in [0.2, 0.25) is 15.9 Å². The number of halogens is 1. The summed E-state index contributed by atoms with van der Waals surface area (Å²) in [6.45, 7) is 2.44. The van der Waals surface area contributed by atoms with Gasteiger partial charge in [-0.1, -0.05) is 0 Å². The van der Waals surface area contributed by atoms with Gasteiger partial charge in [-0.15, -0.1) is 0 Å². The number of amides is 1. The minimum atomic E-state index is -3.57. The van der Waals surface area contributed by atoms with E-state index in [1.165, 1.54) is 4.31 Å². The zero-order valence-electron chi connectivity index (χ0n) is 12.1. The van der Waals surface area contributed by atoms with E-state index in [1.54, 1.807) is 12.1 Å². The molecule has 0 atom stereocenters. The van der Waals surface area contributed by atoms with Crippen LogP contribution in [0.2, 0.25) is 0 Å². The second-order valence-corrected chi connectivity index (χ2v) is 8.26. The lowest BCUT2D eigenvalue weighted by Crippen LogP contribution is -2.34.